The van der Waals surface area contributed by atoms with Crippen LogP contribution in [0.15, 0.2) is 47.2 Å². The van der Waals surface area contributed by atoms with Crippen molar-refractivity contribution in [1.29, 1.82) is 0 Å². The van der Waals surface area contributed by atoms with E-state index < -0.39 is 6.36 Å². The van der Waals surface area contributed by atoms with Gasteiger partial charge in [0.15, 0.2) is 0 Å². The van der Waals surface area contributed by atoms with Crippen LogP contribution in [0.25, 0.3) is 0 Å². The molecular formula is C15H12BrF3N2O2. The van der Waals surface area contributed by atoms with E-state index in [1.54, 1.807) is 19.3 Å². The number of nitrogens with zero attached hydrogens (tertiary/aromatic N) is 2. The van der Waals surface area contributed by atoms with Crippen molar-refractivity contribution in [3.05, 3.63) is 58.3 Å². The Morgan fingerprint density at radius 1 is 1.26 bits per heavy atom. The number of carbonyl (C=O) groups is 1. The molecule has 0 aliphatic heterocycles. The zero-order valence-electron chi connectivity index (χ0n) is 12.0. The van der Waals surface area contributed by atoms with E-state index in [1.165, 1.54) is 35.4 Å². The van der Waals surface area contributed by atoms with E-state index in [0.29, 0.717) is 15.6 Å². The quantitative estimate of drug-likeness (QED) is 0.794. The Bertz CT molecular complexity index is 690. The summed E-state index contributed by atoms with van der Waals surface area (Å²) >= 11 is 3.24. The average molecular weight is 389 g/mol. The zero-order chi connectivity index (χ0) is 17.0. The molecule has 1 aromatic carbocycles. The highest BCUT2D eigenvalue weighted by Gasteiger charge is 2.30. The first kappa shape index (κ1) is 17.3. The minimum Gasteiger partial charge on any atom is -0.406 e. The Kier molecular flexibility index (Phi) is 5.25. The summed E-state index contributed by atoms with van der Waals surface area (Å²) in [5, 5.41) is 0. The summed E-state index contributed by atoms with van der Waals surface area (Å²) in [6, 6.07) is 7.02. The molecule has 4 nitrogen and oxygen atoms in total. The molecule has 8 heteroatoms. The van der Waals surface area contributed by atoms with Crippen molar-refractivity contribution in [3.8, 4) is 5.75 Å². The molecule has 0 aliphatic rings. The molecule has 1 amide bonds. The fraction of sp³-hybridized carbons (Fsp3) is 0.200. The third-order valence-corrected chi connectivity index (χ3v) is 3.31. The number of ether oxygens (including phenoxy) is 1. The van der Waals surface area contributed by atoms with E-state index in [9.17, 15) is 18.0 Å². The highest BCUT2D eigenvalue weighted by atomic mass is 79.9. The summed E-state index contributed by atoms with van der Waals surface area (Å²) in [4.78, 5) is 17.6. The molecule has 0 unspecified atom stereocenters. The topological polar surface area (TPSA) is 42.4 Å². The number of alkyl halides is 3. The van der Waals surface area contributed by atoms with Crippen molar-refractivity contribution in [2.75, 3.05) is 7.05 Å². The van der Waals surface area contributed by atoms with Crippen LogP contribution >= 0.6 is 15.9 Å². The van der Waals surface area contributed by atoms with Gasteiger partial charge in [-0.2, -0.15) is 0 Å². The molecule has 0 saturated heterocycles. The van der Waals surface area contributed by atoms with E-state index >= 15 is 0 Å². The van der Waals surface area contributed by atoms with E-state index in [2.05, 4.69) is 25.7 Å². The summed E-state index contributed by atoms with van der Waals surface area (Å²) in [6.45, 7) is 0.248. The standard InChI is InChI=1S/C15H12BrF3N2O2/c1-21(14(22)11-6-12(16)8-20-7-11)9-10-2-4-13(5-3-10)23-15(17,18)19/h2-8H,9H2,1H3. The lowest BCUT2D eigenvalue weighted by molar-refractivity contribution is -0.274. The van der Waals surface area contributed by atoms with Gasteiger partial charge in [0.1, 0.15) is 5.75 Å². The Morgan fingerprint density at radius 2 is 1.91 bits per heavy atom. The van der Waals surface area contributed by atoms with Crippen molar-refractivity contribution in [3.63, 3.8) is 0 Å². The molecule has 0 N–H and O–H groups in total. The lowest BCUT2D eigenvalue weighted by atomic mass is 10.2. The predicted molar refractivity (Wildman–Crippen MR) is 80.9 cm³/mol. The second kappa shape index (κ2) is 6.99. The summed E-state index contributed by atoms with van der Waals surface area (Å²) in [6.07, 6.45) is -1.71. The Labute approximate surface area is 139 Å². The number of halogens is 4. The van der Waals surface area contributed by atoms with Crippen LogP contribution in [0.3, 0.4) is 0 Å². The minimum atomic E-state index is -4.72. The Morgan fingerprint density at radius 3 is 2.48 bits per heavy atom. The van der Waals surface area contributed by atoms with Gasteiger partial charge in [0, 0.05) is 30.5 Å². The van der Waals surface area contributed by atoms with Gasteiger partial charge in [0.2, 0.25) is 0 Å². The monoisotopic (exact) mass is 388 g/mol. The number of hydrogen-bond acceptors (Lipinski definition) is 3. The van der Waals surface area contributed by atoms with Crippen LogP contribution in [0.4, 0.5) is 13.2 Å². The Balaban J connectivity index is 2.02. The largest absolute Gasteiger partial charge is 0.573 e. The molecule has 0 saturated carbocycles. The molecule has 2 rings (SSSR count). The summed E-state index contributed by atoms with van der Waals surface area (Å²) in [7, 11) is 1.60. The highest BCUT2D eigenvalue weighted by molar-refractivity contribution is 9.10. The van der Waals surface area contributed by atoms with Gasteiger partial charge in [0.25, 0.3) is 5.91 Å². The summed E-state index contributed by atoms with van der Waals surface area (Å²) in [5.41, 5.74) is 1.09. The van der Waals surface area contributed by atoms with Gasteiger partial charge >= 0.3 is 6.36 Å². The number of rotatable bonds is 4. The summed E-state index contributed by atoms with van der Waals surface area (Å²) < 4.78 is 40.8. The molecule has 1 heterocycles. The van der Waals surface area contributed by atoms with Crippen molar-refractivity contribution in [2.24, 2.45) is 0 Å². The lowest BCUT2D eigenvalue weighted by Gasteiger charge is -2.17. The molecule has 0 aliphatic carbocycles. The van der Waals surface area contributed by atoms with Crippen LogP contribution in [0, 0.1) is 0 Å². The van der Waals surface area contributed by atoms with Crippen LogP contribution in [0.5, 0.6) is 5.75 Å². The molecule has 23 heavy (non-hydrogen) atoms. The predicted octanol–water partition coefficient (Wildman–Crippen LogP) is 4.01. The van der Waals surface area contributed by atoms with Crippen molar-refractivity contribution < 1.29 is 22.7 Å². The smallest absolute Gasteiger partial charge is 0.406 e. The maximum atomic E-state index is 12.2. The van der Waals surface area contributed by atoms with E-state index in [-0.39, 0.29) is 18.2 Å². The fourth-order valence-electron chi connectivity index (χ4n) is 1.89. The summed E-state index contributed by atoms with van der Waals surface area (Å²) in [5.74, 6) is -0.541. The highest BCUT2D eigenvalue weighted by Crippen LogP contribution is 2.23. The van der Waals surface area contributed by atoms with Crippen molar-refractivity contribution in [1.82, 2.24) is 9.88 Å². The van der Waals surface area contributed by atoms with Crippen molar-refractivity contribution >= 4 is 21.8 Å². The normalized spacial score (nSPS) is 11.2. The third-order valence-electron chi connectivity index (χ3n) is 2.88. The van der Waals surface area contributed by atoms with Gasteiger partial charge in [-0.1, -0.05) is 12.1 Å². The molecule has 0 bridgehead atoms. The maximum Gasteiger partial charge on any atom is 0.573 e. The minimum absolute atomic E-state index is 0.241. The van der Waals surface area contributed by atoms with Crippen LogP contribution < -0.4 is 4.74 Å². The molecule has 2 aromatic rings. The second-order valence-electron chi connectivity index (χ2n) is 4.74. The van der Waals surface area contributed by atoms with Gasteiger partial charge < -0.3 is 9.64 Å². The van der Waals surface area contributed by atoms with Crippen molar-refractivity contribution in [2.45, 2.75) is 12.9 Å². The zero-order valence-corrected chi connectivity index (χ0v) is 13.6. The van der Waals surface area contributed by atoms with Gasteiger partial charge in [-0.05, 0) is 39.7 Å². The number of pyridine rings is 1. The second-order valence-corrected chi connectivity index (χ2v) is 5.66. The van der Waals surface area contributed by atoms with Gasteiger partial charge in [-0.15, -0.1) is 13.2 Å². The molecule has 0 spiro atoms. The molecule has 122 valence electrons. The van der Waals surface area contributed by atoms with Gasteiger partial charge in [0.05, 0.1) is 5.56 Å². The van der Waals surface area contributed by atoms with Crippen LogP contribution in [0.2, 0.25) is 0 Å². The first-order valence-electron chi connectivity index (χ1n) is 6.45. The van der Waals surface area contributed by atoms with E-state index in [4.69, 9.17) is 0 Å². The molecule has 0 atom stereocenters. The average Bonchev–Trinajstić information content (AvgIpc) is 2.47. The third kappa shape index (κ3) is 5.24. The lowest BCUT2D eigenvalue weighted by Crippen LogP contribution is -2.26. The molecule has 0 fully saturated rings. The maximum absolute atomic E-state index is 12.2. The van der Waals surface area contributed by atoms with Crippen LogP contribution in [0.1, 0.15) is 15.9 Å². The molecular weight excluding hydrogens is 377 g/mol. The van der Waals surface area contributed by atoms with Crippen LogP contribution in [-0.4, -0.2) is 29.2 Å². The first-order chi connectivity index (χ1) is 10.7. The van der Waals surface area contributed by atoms with E-state index in [1.807, 2.05) is 0 Å². The number of hydrogen-bond donors (Lipinski definition) is 0. The van der Waals surface area contributed by atoms with Gasteiger partial charge in [-0.25, -0.2) is 0 Å². The van der Waals surface area contributed by atoms with Crippen LogP contribution in [-0.2, 0) is 6.54 Å². The number of carbonyl (C=O) groups excluding carboxylic acids is 1. The molecule has 1 aromatic heterocycles. The number of aromatic nitrogens is 1. The fourth-order valence-corrected chi connectivity index (χ4v) is 2.26. The number of benzene rings is 1. The SMILES string of the molecule is CN(Cc1ccc(OC(F)(F)F)cc1)C(=O)c1cncc(Br)c1. The number of amides is 1. The first-order valence-corrected chi connectivity index (χ1v) is 7.24. The Hall–Kier alpha value is -2.09. The van der Waals surface area contributed by atoms with Gasteiger partial charge in [-0.3, -0.25) is 9.78 Å². The molecule has 0 radical (unpaired) electrons. The van der Waals surface area contributed by atoms with E-state index in [0.717, 1.165) is 0 Å².